The molecule has 0 atom stereocenters. The summed E-state index contributed by atoms with van der Waals surface area (Å²) in [5.74, 6) is -1.40. The second kappa shape index (κ2) is 7.39. The van der Waals surface area contributed by atoms with Gasteiger partial charge in [-0.3, -0.25) is 14.9 Å². The molecule has 0 saturated heterocycles. The van der Waals surface area contributed by atoms with Crippen LogP contribution in [0.3, 0.4) is 0 Å². The van der Waals surface area contributed by atoms with Crippen molar-refractivity contribution in [1.82, 2.24) is 0 Å². The topological polar surface area (TPSA) is 108 Å². The molecular weight excluding hydrogens is 339 g/mol. The number of rotatable bonds is 5. The van der Waals surface area contributed by atoms with Gasteiger partial charge in [-0.25, -0.2) is 0 Å². The van der Waals surface area contributed by atoms with Crippen LogP contribution in [0.5, 0.6) is 0 Å². The van der Waals surface area contributed by atoms with E-state index in [1.807, 2.05) is 6.07 Å². The van der Waals surface area contributed by atoms with Crippen LogP contribution in [-0.2, 0) is 4.79 Å². The number of nitrogens with one attached hydrogen (secondary N) is 2. The van der Waals surface area contributed by atoms with Gasteiger partial charge in [-0.05, 0) is 30.3 Å². The Bertz CT molecular complexity index is 851. The first-order valence-electron chi connectivity index (χ1n) is 6.58. The Morgan fingerprint density at radius 3 is 2.62 bits per heavy atom. The summed E-state index contributed by atoms with van der Waals surface area (Å²) in [6.45, 7) is -0.194. The van der Waals surface area contributed by atoms with Crippen LogP contribution in [0.1, 0.15) is 5.56 Å². The summed E-state index contributed by atoms with van der Waals surface area (Å²) >= 11 is 5.86. The molecule has 9 heteroatoms. The van der Waals surface area contributed by atoms with Gasteiger partial charge in [-0.15, -0.1) is 0 Å². The van der Waals surface area contributed by atoms with E-state index in [0.29, 0.717) is 5.69 Å². The highest BCUT2D eigenvalue weighted by Crippen LogP contribution is 2.22. The molecule has 0 radical (unpaired) electrons. The molecule has 2 aromatic carbocycles. The van der Waals surface area contributed by atoms with Gasteiger partial charge < -0.3 is 10.6 Å². The van der Waals surface area contributed by atoms with E-state index in [4.69, 9.17) is 16.9 Å². The van der Waals surface area contributed by atoms with Crippen molar-refractivity contribution in [3.63, 3.8) is 0 Å². The number of hydrogen-bond donors (Lipinski definition) is 2. The van der Waals surface area contributed by atoms with Crippen LogP contribution in [0, 0.1) is 27.3 Å². The standard InChI is InChI=1S/C15H10ClFN4O3/c16-12-5-11(2-1-9(12)7-18)20-15(22)8-19-10-3-4-13(17)14(6-10)21(23)24/h1-6,19H,8H2,(H,20,22). The maximum Gasteiger partial charge on any atom is 0.306 e. The number of halogens is 2. The molecule has 0 unspecified atom stereocenters. The third kappa shape index (κ3) is 4.18. The number of nitrogens with zero attached hydrogens (tertiary/aromatic N) is 2. The Balaban J connectivity index is 1.99. The molecule has 0 aliphatic carbocycles. The Morgan fingerprint density at radius 1 is 1.29 bits per heavy atom. The van der Waals surface area contributed by atoms with Crippen LogP contribution in [0.4, 0.5) is 21.5 Å². The van der Waals surface area contributed by atoms with E-state index in [2.05, 4.69) is 10.6 Å². The first-order valence-corrected chi connectivity index (χ1v) is 6.96. The van der Waals surface area contributed by atoms with Gasteiger partial charge in [0.2, 0.25) is 11.7 Å². The minimum absolute atomic E-state index is 0.194. The zero-order valence-electron chi connectivity index (χ0n) is 12.0. The fourth-order valence-electron chi connectivity index (χ4n) is 1.83. The van der Waals surface area contributed by atoms with Crippen molar-refractivity contribution in [3.8, 4) is 6.07 Å². The van der Waals surface area contributed by atoms with Gasteiger partial charge in [0, 0.05) is 17.4 Å². The minimum Gasteiger partial charge on any atom is -0.376 e. The Kier molecular flexibility index (Phi) is 5.29. The van der Waals surface area contributed by atoms with Gasteiger partial charge in [0.1, 0.15) is 6.07 Å². The van der Waals surface area contributed by atoms with Gasteiger partial charge in [0.15, 0.2) is 0 Å². The van der Waals surface area contributed by atoms with E-state index in [0.717, 1.165) is 12.1 Å². The van der Waals surface area contributed by atoms with Crippen LogP contribution in [0.2, 0.25) is 5.02 Å². The van der Waals surface area contributed by atoms with E-state index >= 15 is 0 Å². The van der Waals surface area contributed by atoms with Crippen molar-refractivity contribution >= 4 is 34.6 Å². The van der Waals surface area contributed by atoms with E-state index in [-0.39, 0.29) is 22.8 Å². The monoisotopic (exact) mass is 348 g/mol. The van der Waals surface area contributed by atoms with Crippen molar-refractivity contribution in [2.45, 2.75) is 0 Å². The van der Waals surface area contributed by atoms with E-state index < -0.39 is 22.3 Å². The maximum atomic E-state index is 13.2. The number of benzene rings is 2. The van der Waals surface area contributed by atoms with Crippen molar-refractivity contribution < 1.29 is 14.1 Å². The van der Waals surface area contributed by atoms with Crippen LogP contribution in [0.15, 0.2) is 36.4 Å². The molecule has 0 aliphatic heterocycles. The number of nitriles is 1. The predicted octanol–water partition coefficient (Wildman–Crippen LogP) is 3.31. The lowest BCUT2D eigenvalue weighted by atomic mass is 10.2. The molecule has 0 bridgehead atoms. The lowest BCUT2D eigenvalue weighted by molar-refractivity contribution is -0.387. The molecule has 0 spiro atoms. The number of nitro benzene ring substituents is 1. The number of amides is 1. The molecule has 2 aromatic rings. The summed E-state index contributed by atoms with van der Waals surface area (Å²) in [5, 5.41) is 24.8. The molecule has 1 amide bonds. The Morgan fingerprint density at radius 2 is 2.00 bits per heavy atom. The maximum absolute atomic E-state index is 13.2. The first kappa shape index (κ1) is 17.2. The first-order chi connectivity index (χ1) is 11.4. The van der Waals surface area contributed by atoms with E-state index in [9.17, 15) is 19.3 Å². The molecular formula is C15H10ClFN4O3. The van der Waals surface area contributed by atoms with Crippen LogP contribution in [-0.4, -0.2) is 17.4 Å². The smallest absolute Gasteiger partial charge is 0.306 e. The molecule has 0 aliphatic rings. The number of nitro groups is 1. The summed E-state index contributed by atoms with van der Waals surface area (Å²) in [7, 11) is 0. The molecule has 0 heterocycles. The van der Waals surface area contributed by atoms with Crippen LogP contribution < -0.4 is 10.6 Å². The van der Waals surface area contributed by atoms with Gasteiger partial charge in [0.05, 0.1) is 22.1 Å². The lowest BCUT2D eigenvalue weighted by Gasteiger charge is -2.08. The number of hydrogen-bond acceptors (Lipinski definition) is 5. The van der Waals surface area contributed by atoms with Gasteiger partial charge in [0.25, 0.3) is 0 Å². The Hall–Kier alpha value is -3.18. The highest BCUT2D eigenvalue weighted by atomic mass is 35.5. The lowest BCUT2D eigenvalue weighted by Crippen LogP contribution is -2.21. The van der Waals surface area contributed by atoms with E-state index in [1.165, 1.54) is 24.3 Å². The van der Waals surface area contributed by atoms with Crippen molar-refractivity contribution in [2.75, 3.05) is 17.2 Å². The molecule has 2 rings (SSSR count). The van der Waals surface area contributed by atoms with Crippen LogP contribution in [0.25, 0.3) is 0 Å². The fourth-order valence-corrected chi connectivity index (χ4v) is 2.06. The molecule has 24 heavy (non-hydrogen) atoms. The van der Waals surface area contributed by atoms with Crippen molar-refractivity contribution in [2.24, 2.45) is 0 Å². The average Bonchev–Trinajstić information content (AvgIpc) is 2.54. The number of carbonyl (C=O) groups excluding carboxylic acids is 1. The number of carbonyl (C=O) groups is 1. The largest absolute Gasteiger partial charge is 0.376 e. The molecule has 0 saturated carbocycles. The van der Waals surface area contributed by atoms with Gasteiger partial charge in [-0.2, -0.15) is 9.65 Å². The highest BCUT2D eigenvalue weighted by Gasteiger charge is 2.14. The third-order valence-electron chi connectivity index (χ3n) is 2.97. The quantitative estimate of drug-likeness (QED) is 0.636. The summed E-state index contributed by atoms with van der Waals surface area (Å²) in [5.41, 5.74) is 0.234. The highest BCUT2D eigenvalue weighted by molar-refractivity contribution is 6.32. The zero-order chi connectivity index (χ0) is 17.7. The van der Waals surface area contributed by atoms with Crippen molar-refractivity contribution in [3.05, 3.63) is 62.9 Å². The van der Waals surface area contributed by atoms with Crippen molar-refractivity contribution in [1.29, 1.82) is 5.26 Å². The average molecular weight is 349 g/mol. The minimum atomic E-state index is -0.956. The molecule has 0 fully saturated rings. The molecule has 7 nitrogen and oxygen atoms in total. The van der Waals surface area contributed by atoms with Gasteiger partial charge >= 0.3 is 5.69 Å². The Labute approximate surface area is 140 Å². The zero-order valence-corrected chi connectivity index (χ0v) is 12.8. The summed E-state index contributed by atoms with van der Waals surface area (Å²) in [4.78, 5) is 21.7. The number of anilines is 2. The second-order valence-corrected chi connectivity index (χ2v) is 5.04. The normalized spacial score (nSPS) is 9.88. The SMILES string of the molecule is N#Cc1ccc(NC(=O)CNc2ccc(F)c([N+](=O)[O-])c2)cc1Cl. The van der Waals surface area contributed by atoms with Gasteiger partial charge in [-0.1, -0.05) is 11.6 Å². The third-order valence-corrected chi connectivity index (χ3v) is 3.28. The molecule has 122 valence electrons. The second-order valence-electron chi connectivity index (χ2n) is 4.63. The summed E-state index contributed by atoms with van der Waals surface area (Å²) in [6.07, 6.45) is 0. The summed E-state index contributed by atoms with van der Waals surface area (Å²) < 4.78 is 13.2. The predicted molar refractivity (Wildman–Crippen MR) is 86.3 cm³/mol. The molecule has 0 aromatic heterocycles. The fraction of sp³-hybridized carbons (Fsp3) is 0.0667. The summed E-state index contributed by atoms with van der Waals surface area (Å²) in [6, 6.07) is 9.55. The molecule has 2 N–H and O–H groups in total. The van der Waals surface area contributed by atoms with Crippen LogP contribution >= 0.6 is 11.6 Å². The van der Waals surface area contributed by atoms with E-state index in [1.54, 1.807) is 0 Å².